The van der Waals surface area contributed by atoms with Crippen LogP contribution in [0.5, 0.6) is 11.5 Å². The van der Waals surface area contributed by atoms with Crippen LogP contribution in [0.25, 0.3) is 11.0 Å². The monoisotopic (exact) mass is 584 g/mol. The SMILES string of the molecule is O=C(NC(CN1CCCC1)C(O)c1cc2c(cc1Br)OCCO2)C(F)(F)c1cc2cc(Cl)ccc2o1. The number of nitrogens with one attached hydrogen (secondary N) is 1. The van der Waals surface area contributed by atoms with Gasteiger partial charge < -0.3 is 29.2 Å². The van der Waals surface area contributed by atoms with E-state index in [9.17, 15) is 9.90 Å². The summed E-state index contributed by atoms with van der Waals surface area (Å²) in [7, 11) is 0. The molecule has 3 heterocycles. The number of furan rings is 1. The number of aliphatic hydroxyl groups is 1. The van der Waals surface area contributed by atoms with Crippen LogP contribution in [0.3, 0.4) is 0 Å². The molecule has 2 aromatic carbocycles. The topological polar surface area (TPSA) is 84.2 Å². The summed E-state index contributed by atoms with van der Waals surface area (Å²) < 4.78 is 47.5. The lowest BCUT2D eigenvalue weighted by Gasteiger charge is -2.31. The second kappa shape index (κ2) is 10.2. The quantitative estimate of drug-likeness (QED) is 0.405. The summed E-state index contributed by atoms with van der Waals surface area (Å²) in [5.41, 5.74) is 0.584. The molecular formula is C25H24BrClF2N2O5. The molecule has 7 nitrogen and oxygen atoms in total. The minimum Gasteiger partial charge on any atom is -0.486 e. The predicted octanol–water partition coefficient (Wildman–Crippen LogP) is 5.03. The van der Waals surface area contributed by atoms with Crippen molar-refractivity contribution in [1.29, 1.82) is 0 Å². The van der Waals surface area contributed by atoms with Crippen molar-refractivity contribution in [3.8, 4) is 11.5 Å². The largest absolute Gasteiger partial charge is 0.486 e. The fourth-order valence-electron chi connectivity index (χ4n) is 4.53. The highest BCUT2D eigenvalue weighted by atomic mass is 79.9. The normalized spacial score (nSPS) is 17.8. The standard InChI is InChI=1S/C25H24BrClF2N2O5/c26-17-12-21-20(34-7-8-35-21)11-16(17)23(32)18(13-31-5-1-2-6-31)30-24(33)25(28,29)22-10-14-9-15(27)3-4-19(14)36-22/h3-4,9-12,18,23,32H,1-2,5-8,13H2,(H,30,33). The van der Waals surface area contributed by atoms with E-state index in [1.807, 2.05) is 4.90 Å². The minimum absolute atomic E-state index is 0.190. The highest BCUT2D eigenvalue weighted by Gasteiger charge is 2.46. The van der Waals surface area contributed by atoms with E-state index in [1.54, 1.807) is 12.1 Å². The molecule has 0 radical (unpaired) electrons. The fourth-order valence-corrected chi connectivity index (χ4v) is 5.27. The lowest BCUT2D eigenvalue weighted by molar-refractivity contribution is -0.151. The van der Waals surface area contributed by atoms with Crippen molar-refractivity contribution in [3.63, 3.8) is 0 Å². The van der Waals surface area contributed by atoms with E-state index in [1.165, 1.54) is 18.2 Å². The number of ether oxygens (including phenoxy) is 2. The number of halogens is 4. The zero-order chi connectivity index (χ0) is 25.4. The molecule has 192 valence electrons. The molecule has 3 aromatic rings. The Hall–Kier alpha value is -2.40. The summed E-state index contributed by atoms with van der Waals surface area (Å²) in [5, 5.41) is 14.4. The summed E-state index contributed by atoms with van der Waals surface area (Å²) in [6.45, 7) is 2.45. The Morgan fingerprint density at radius 2 is 1.83 bits per heavy atom. The van der Waals surface area contributed by atoms with Gasteiger partial charge in [-0.25, -0.2) is 0 Å². The van der Waals surface area contributed by atoms with Gasteiger partial charge in [-0.3, -0.25) is 4.79 Å². The first-order valence-electron chi connectivity index (χ1n) is 11.6. The Bertz CT molecular complexity index is 1280. The smallest absolute Gasteiger partial charge is 0.380 e. The molecule has 2 unspecified atom stereocenters. The number of hydrogen-bond donors (Lipinski definition) is 2. The second-order valence-corrected chi connectivity index (χ2v) is 10.2. The third kappa shape index (κ3) is 5.04. The van der Waals surface area contributed by atoms with Crippen molar-refractivity contribution >= 4 is 44.4 Å². The van der Waals surface area contributed by atoms with Crippen molar-refractivity contribution in [2.45, 2.75) is 30.9 Å². The van der Waals surface area contributed by atoms with Gasteiger partial charge in [0, 0.05) is 27.0 Å². The third-order valence-corrected chi connectivity index (χ3v) is 7.33. The van der Waals surface area contributed by atoms with Gasteiger partial charge in [0.1, 0.15) is 24.9 Å². The first-order valence-corrected chi connectivity index (χ1v) is 12.8. The van der Waals surface area contributed by atoms with Crippen molar-refractivity contribution in [2.24, 2.45) is 0 Å². The molecule has 2 N–H and O–H groups in total. The fraction of sp³-hybridized carbons (Fsp3) is 0.400. The van der Waals surface area contributed by atoms with Gasteiger partial charge in [0.2, 0.25) is 0 Å². The molecule has 0 bridgehead atoms. The Morgan fingerprint density at radius 1 is 1.14 bits per heavy atom. The van der Waals surface area contributed by atoms with Crippen LogP contribution in [-0.2, 0) is 10.7 Å². The summed E-state index contributed by atoms with van der Waals surface area (Å²) in [6.07, 6.45) is 0.620. The van der Waals surface area contributed by atoms with Gasteiger partial charge in [-0.15, -0.1) is 0 Å². The van der Waals surface area contributed by atoms with Crippen molar-refractivity contribution in [2.75, 3.05) is 32.8 Å². The lowest BCUT2D eigenvalue weighted by atomic mass is 10.00. The zero-order valence-corrected chi connectivity index (χ0v) is 21.4. The Kier molecular flexibility index (Phi) is 7.13. The molecule has 1 aromatic heterocycles. The Labute approximate surface area is 219 Å². The van der Waals surface area contributed by atoms with E-state index in [4.69, 9.17) is 25.5 Å². The molecule has 36 heavy (non-hydrogen) atoms. The number of amides is 1. The molecule has 0 spiro atoms. The minimum atomic E-state index is -3.97. The van der Waals surface area contributed by atoms with Gasteiger partial charge in [0.05, 0.1) is 6.04 Å². The first kappa shape index (κ1) is 25.3. The summed E-state index contributed by atoms with van der Waals surface area (Å²) in [4.78, 5) is 14.9. The van der Waals surface area contributed by atoms with Crippen molar-refractivity contribution in [3.05, 3.63) is 57.2 Å². The second-order valence-electron chi connectivity index (χ2n) is 8.92. The van der Waals surface area contributed by atoms with Crippen LogP contribution in [0.1, 0.15) is 30.3 Å². The molecule has 5 rings (SSSR count). The molecule has 1 saturated heterocycles. The van der Waals surface area contributed by atoms with Gasteiger partial charge in [-0.05, 0) is 62.3 Å². The van der Waals surface area contributed by atoms with Crippen molar-refractivity contribution in [1.82, 2.24) is 10.2 Å². The summed E-state index contributed by atoms with van der Waals surface area (Å²) >= 11 is 9.37. The van der Waals surface area contributed by atoms with Crippen molar-refractivity contribution < 1.29 is 32.6 Å². The Morgan fingerprint density at radius 3 is 2.56 bits per heavy atom. The number of nitrogens with zero attached hydrogens (tertiary/aromatic N) is 1. The molecule has 2 atom stereocenters. The van der Waals surface area contributed by atoms with Gasteiger partial charge >= 0.3 is 5.92 Å². The Balaban J connectivity index is 1.42. The van der Waals surface area contributed by atoms with E-state index < -0.39 is 29.7 Å². The average molecular weight is 586 g/mol. The first-order chi connectivity index (χ1) is 17.2. The maximum atomic E-state index is 15.3. The number of likely N-dealkylation sites (tertiary alicyclic amines) is 1. The number of benzene rings is 2. The average Bonchev–Trinajstić information content (AvgIpc) is 3.52. The van der Waals surface area contributed by atoms with Crippen LogP contribution < -0.4 is 14.8 Å². The van der Waals surface area contributed by atoms with Gasteiger partial charge in [-0.2, -0.15) is 8.78 Å². The summed E-state index contributed by atoms with van der Waals surface area (Å²) in [6, 6.07) is 7.81. The number of carbonyl (C=O) groups excluding carboxylic acids is 1. The highest BCUT2D eigenvalue weighted by Crippen LogP contribution is 2.39. The molecule has 0 aliphatic carbocycles. The maximum absolute atomic E-state index is 15.3. The molecule has 1 amide bonds. The van der Waals surface area contributed by atoms with E-state index >= 15 is 8.78 Å². The molecule has 2 aliphatic rings. The number of hydrogen-bond acceptors (Lipinski definition) is 6. The predicted molar refractivity (Wildman–Crippen MR) is 133 cm³/mol. The van der Waals surface area contributed by atoms with Crippen LogP contribution in [0, 0.1) is 0 Å². The molecule has 1 fully saturated rings. The zero-order valence-electron chi connectivity index (χ0n) is 19.1. The van der Waals surface area contributed by atoms with E-state index in [0.29, 0.717) is 45.2 Å². The van der Waals surface area contributed by atoms with Crippen LogP contribution in [0.15, 0.2) is 45.3 Å². The van der Waals surface area contributed by atoms with E-state index in [2.05, 4.69) is 21.2 Å². The van der Waals surface area contributed by atoms with Crippen LogP contribution in [-0.4, -0.2) is 54.8 Å². The lowest BCUT2D eigenvalue weighted by Crippen LogP contribution is -2.50. The van der Waals surface area contributed by atoms with E-state index in [-0.39, 0.29) is 12.1 Å². The molecular weight excluding hydrogens is 562 g/mol. The maximum Gasteiger partial charge on any atom is 0.380 e. The number of carbonyl (C=O) groups is 1. The number of alkyl halides is 2. The number of rotatable bonds is 7. The number of aliphatic hydroxyl groups excluding tert-OH is 1. The van der Waals surface area contributed by atoms with E-state index in [0.717, 1.165) is 32.0 Å². The van der Waals surface area contributed by atoms with Crippen LogP contribution in [0.4, 0.5) is 8.78 Å². The van der Waals surface area contributed by atoms with Gasteiger partial charge in [-0.1, -0.05) is 27.5 Å². The van der Waals surface area contributed by atoms with Crippen LogP contribution >= 0.6 is 27.5 Å². The third-order valence-electron chi connectivity index (χ3n) is 6.40. The van der Waals surface area contributed by atoms with Gasteiger partial charge in [0.15, 0.2) is 17.3 Å². The number of fused-ring (bicyclic) bond motifs is 2. The van der Waals surface area contributed by atoms with Gasteiger partial charge in [0.25, 0.3) is 5.91 Å². The highest BCUT2D eigenvalue weighted by molar-refractivity contribution is 9.10. The summed E-state index contributed by atoms with van der Waals surface area (Å²) in [5.74, 6) is -5.38. The molecule has 11 heteroatoms. The molecule has 2 aliphatic heterocycles. The molecule has 0 saturated carbocycles. The van der Waals surface area contributed by atoms with Crippen LogP contribution in [0.2, 0.25) is 5.02 Å².